The second-order valence-electron chi connectivity index (χ2n) is 6.21. The van der Waals surface area contributed by atoms with Gasteiger partial charge in [-0.15, -0.1) is 11.3 Å². The molecule has 0 spiro atoms. The van der Waals surface area contributed by atoms with Gasteiger partial charge >= 0.3 is 0 Å². The molecule has 0 unspecified atom stereocenters. The van der Waals surface area contributed by atoms with E-state index in [1.807, 2.05) is 33.1 Å². The number of nitrogens with one attached hydrogen (secondary N) is 1. The molecule has 0 saturated heterocycles. The molecule has 1 aromatic heterocycles. The fourth-order valence-electron chi connectivity index (χ4n) is 2.72. The Kier molecular flexibility index (Phi) is 4.70. The smallest absolute Gasteiger partial charge is 0.226 e. The summed E-state index contributed by atoms with van der Waals surface area (Å²) in [4.78, 5) is 16.2. The van der Waals surface area contributed by atoms with Crippen LogP contribution < -0.4 is 5.32 Å². The zero-order valence-electron chi connectivity index (χ0n) is 13.1. The number of rotatable bonds is 6. The zero-order valence-corrected chi connectivity index (χ0v) is 13.9. The normalized spacial score (nSPS) is 27.2. The number of aromatic nitrogens is 1. The van der Waals surface area contributed by atoms with Crippen molar-refractivity contribution in [2.24, 2.45) is 5.41 Å². The lowest BCUT2D eigenvalue weighted by molar-refractivity contribution is -0.238. The number of aryl methyl sites for hydroxylation is 1. The summed E-state index contributed by atoms with van der Waals surface area (Å²) in [7, 11) is 0. The van der Waals surface area contributed by atoms with E-state index in [1.165, 1.54) is 11.3 Å². The van der Waals surface area contributed by atoms with Crippen LogP contribution in [-0.2, 0) is 16.0 Å². The molecule has 1 aliphatic carbocycles. The number of amides is 1. The Morgan fingerprint density at radius 3 is 2.86 bits per heavy atom. The van der Waals surface area contributed by atoms with Gasteiger partial charge in [-0.05, 0) is 13.8 Å². The fraction of sp³-hybridized carbons (Fsp3) is 0.733. The van der Waals surface area contributed by atoms with Crippen molar-refractivity contribution in [2.45, 2.75) is 52.2 Å². The SMILES string of the molecule is CCO[C@@H]1C[C@@](O)(CNC(=O)Cc2csc(C)n2)C1(C)C. The fourth-order valence-corrected chi connectivity index (χ4v) is 3.34. The molecule has 21 heavy (non-hydrogen) atoms. The Bertz CT molecular complexity index is 515. The first-order valence-corrected chi connectivity index (χ1v) is 8.18. The maximum absolute atomic E-state index is 11.9. The van der Waals surface area contributed by atoms with Crippen LogP contribution in [0.2, 0.25) is 0 Å². The van der Waals surface area contributed by atoms with Gasteiger partial charge in [0.15, 0.2) is 0 Å². The summed E-state index contributed by atoms with van der Waals surface area (Å²) >= 11 is 1.53. The van der Waals surface area contributed by atoms with Gasteiger partial charge < -0.3 is 15.2 Å². The van der Waals surface area contributed by atoms with Gasteiger partial charge in [0.2, 0.25) is 5.91 Å². The summed E-state index contributed by atoms with van der Waals surface area (Å²) in [6, 6.07) is 0. The van der Waals surface area contributed by atoms with Crippen molar-refractivity contribution in [3.63, 3.8) is 0 Å². The maximum Gasteiger partial charge on any atom is 0.226 e. The highest BCUT2D eigenvalue weighted by Gasteiger charge is 2.59. The number of carbonyl (C=O) groups is 1. The Balaban J connectivity index is 1.84. The molecule has 2 rings (SSSR count). The largest absolute Gasteiger partial charge is 0.387 e. The van der Waals surface area contributed by atoms with E-state index in [-0.39, 0.29) is 30.4 Å². The third-order valence-corrected chi connectivity index (χ3v) is 5.30. The number of carbonyl (C=O) groups excluding carboxylic acids is 1. The highest BCUT2D eigenvalue weighted by atomic mass is 32.1. The first-order valence-electron chi connectivity index (χ1n) is 7.30. The molecular formula is C15H24N2O3S. The summed E-state index contributed by atoms with van der Waals surface area (Å²) in [5.74, 6) is -0.107. The quantitative estimate of drug-likeness (QED) is 0.838. The summed E-state index contributed by atoms with van der Waals surface area (Å²) < 4.78 is 5.61. The Morgan fingerprint density at radius 2 is 2.33 bits per heavy atom. The molecule has 1 fully saturated rings. The van der Waals surface area contributed by atoms with Crippen LogP contribution in [0.5, 0.6) is 0 Å². The second-order valence-corrected chi connectivity index (χ2v) is 7.27. The third kappa shape index (κ3) is 3.27. The highest BCUT2D eigenvalue weighted by molar-refractivity contribution is 7.09. The molecule has 1 aromatic rings. The van der Waals surface area contributed by atoms with E-state index in [9.17, 15) is 9.90 Å². The van der Waals surface area contributed by atoms with Crippen molar-refractivity contribution in [1.29, 1.82) is 0 Å². The standard InChI is InChI=1S/C15H24N2O3S/c1-5-20-12-7-15(19,14(12,3)4)9-16-13(18)6-11-8-21-10(2)17-11/h8,12,19H,5-7,9H2,1-4H3,(H,16,18)/t12-,15-/m1/s1. The second kappa shape index (κ2) is 6.02. The summed E-state index contributed by atoms with van der Waals surface area (Å²) in [5, 5.41) is 16.3. The van der Waals surface area contributed by atoms with Crippen LogP contribution in [-0.4, -0.2) is 40.9 Å². The minimum Gasteiger partial charge on any atom is -0.387 e. The Labute approximate surface area is 129 Å². The van der Waals surface area contributed by atoms with Crippen molar-refractivity contribution >= 4 is 17.2 Å². The van der Waals surface area contributed by atoms with Gasteiger partial charge in [0, 0.05) is 30.4 Å². The van der Waals surface area contributed by atoms with Crippen LogP contribution in [0.4, 0.5) is 0 Å². The van der Waals surface area contributed by atoms with Crippen LogP contribution in [0.15, 0.2) is 5.38 Å². The number of ether oxygens (including phenoxy) is 1. The lowest BCUT2D eigenvalue weighted by Crippen LogP contribution is -2.68. The molecule has 5 nitrogen and oxygen atoms in total. The van der Waals surface area contributed by atoms with Crippen molar-refractivity contribution in [1.82, 2.24) is 10.3 Å². The molecule has 0 radical (unpaired) electrons. The molecule has 1 amide bonds. The number of thiazole rings is 1. The van der Waals surface area contributed by atoms with Gasteiger partial charge in [0.05, 0.1) is 28.8 Å². The van der Waals surface area contributed by atoms with E-state index in [4.69, 9.17) is 4.74 Å². The predicted octanol–water partition coefficient (Wildman–Crippen LogP) is 1.68. The molecule has 0 bridgehead atoms. The average molecular weight is 312 g/mol. The minimum absolute atomic E-state index is 0.0468. The summed E-state index contributed by atoms with van der Waals surface area (Å²) in [5.41, 5.74) is -0.476. The number of aliphatic hydroxyl groups is 1. The van der Waals surface area contributed by atoms with Gasteiger partial charge in [0.25, 0.3) is 0 Å². The van der Waals surface area contributed by atoms with Crippen LogP contribution in [0.1, 0.15) is 37.9 Å². The van der Waals surface area contributed by atoms with E-state index in [1.54, 1.807) is 0 Å². The molecular weight excluding hydrogens is 288 g/mol. The van der Waals surface area contributed by atoms with Gasteiger partial charge in [-0.2, -0.15) is 0 Å². The third-order valence-electron chi connectivity index (χ3n) is 4.48. The van der Waals surface area contributed by atoms with Crippen LogP contribution in [0, 0.1) is 12.3 Å². The summed E-state index contributed by atoms with van der Waals surface area (Å²) in [6.45, 7) is 8.72. The maximum atomic E-state index is 11.9. The highest BCUT2D eigenvalue weighted by Crippen LogP contribution is 2.50. The number of hydrogen-bond acceptors (Lipinski definition) is 5. The van der Waals surface area contributed by atoms with Gasteiger partial charge in [-0.1, -0.05) is 13.8 Å². The Hall–Kier alpha value is -0.980. The first-order chi connectivity index (χ1) is 9.78. The number of nitrogens with zero attached hydrogens (tertiary/aromatic N) is 1. The van der Waals surface area contributed by atoms with E-state index in [0.717, 1.165) is 10.7 Å². The molecule has 118 valence electrons. The number of hydrogen-bond donors (Lipinski definition) is 2. The van der Waals surface area contributed by atoms with Gasteiger partial charge in [0.1, 0.15) is 0 Å². The molecule has 2 N–H and O–H groups in total. The van der Waals surface area contributed by atoms with Crippen molar-refractivity contribution in [3.05, 3.63) is 16.1 Å². The van der Waals surface area contributed by atoms with E-state index < -0.39 is 5.60 Å². The van der Waals surface area contributed by atoms with Crippen LogP contribution in [0.3, 0.4) is 0 Å². The van der Waals surface area contributed by atoms with Crippen LogP contribution >= 0.6 is 11.3 Å². The lowest BCUT2D eigenvalue weighted by atomic mass is 9.56. The van der Waals surface area contributed by atoms with Crippen molar-refractivity contribution < 1.29 is 14.6 Å². The molecule has 0 aliphatic heterocycles. The monoisotopic (exact) mass is 312 g/mol. The van der Waals surface area contributed by atoms with E-state index in [2.05, 4.69) is 10.3 Å². The minimum atomic E-state index is -0.902. The molecule has 6 heteroatoms. The van der Waals surface area contributed by atoms with E-state index >= 15 is 0 Å². The zero-order chi connectivity index (χ0) is 15.7. The molecule has 0 aromatic carbocycles. The Morgan fingerprint density at radius 1 is 1.62 bits per heavy atom. The predicted molar refractivity (Wildman–Crippen MR) is 82.3 cm³/mol. The van der Waals surface area contributed by atoms with Crippen molar-refractivity contribution in [3.8, 4) is 0 Å². The average Bonchev–Trinajstić information content (AvgIpc) is 2.81. The van der Waals surface area contributed by atoms with Gasteiger partial charge in [-0.3, -0.25) is 4.79 Å². The summed E-state index contributed by atoms with van der Waals surface area (Å²) in [6.07, 6.45) is 0.866. The van der Waals surface area contributed by atoms with Crippen molar-refractivity contribution in [2.75, 3.05) is 13.2 Å². The van der Waals surface area contributed by atoms with Crippen LogP contribution in [0.25, 0.3) is 0 Å². The molecule has 1 aliphatic rings. The molecule has 2 atom stereocenters. The topological polar surface area (TPSA) is 71.5 Å². The lowest BCUT2D eigenvalue weighted by Gasteiger charge is -2.57. The molecule has 1 heterocycles. The van der Waals surface area contributed by atoms with Gasteiger partial charge in [-0.25, -0.2) is 4.98 Å². The molecule has 1 saturated carbocycles. The first kappa shape index (κ1) is 16.4. The van der Waals surface area contributed by atoms with E-state index in [0.29, 0.717) is 13.0 Å².